The van der Waals surface area contributed by atoms with Gasteiger partial charge in [0.1, 0.15) is 5.69 Å². The Kier molecular flexibility index (Phi) is 16.7. The van der Waals surface area contributed by atoms with Crippen molar-refractivity contribution in [1.29, 1.82) is 0 Å². The van der Waals surface area contributed by atoms with Gasteiger partial charge in [-0.3, -0.25) is 4.98 Å². The predicted molar refractivity (Wildman–Crippen MR) is 185 cm³/mol. The molecule has 6 rings (SSSR count). The number of aryl methyl sites for hydroxylation is 1. The van der Waals surface area contributed by atoms with Gasteiger partial charge < -0.3 is 20.4 Å². The Labute approximate surface area is 285 Å². The number of nitrogens with zero attached hydrogens (tertiary/aromatic N) is 5. The van der Waals surface area contributed by atoms with E-state index < -0.39 is 11.9 Å². The number of hydrogen-bond donors (Lipinski definition) is 0. The van der Waals surface area contributed by atoms with Crippen LogP contribution in [0.3, 0.4) is 0 Å². The van der Waals surface area contributed by atoms with Crippen LogP contribution in [0, 0.1) is 13.0 Å². The minimum atomic E-state index is -4.46. The normalized spacial score (nSPS) is 10.4. The molecular formula is C35H37F3N5OsP2-. The maximum Gasteiger partial charge on any atom is 0.431 e. The van der Waals surface area contributed by atoms with Crippen molar-refractivity contribution in [2.75, 3.05) is 26.7 Å². The molecule has 0 spiro atoms. The molecule has 0 aliphatic heterocycles. The summed E-state index contributed by atoms with van der Waals surface area (Å²) in [4.78, 5) is 3.87. The molecule has 0 radical (unpaired) electrons. The van der Waals surface area contributed by atoms with Gasteiger partial charge in [-0.25, -0.2) is 5.69 Å². The molecule has 0 unspecified atom stereocenters. The van der Waals surface area contributed by atoms with Gasteiger partial charge >= 0.3 is 6.18 Å². The molecule has 46 heavy (non-hydrogen) atoms. The summed E-state index contributed by atoms with van der Waals surface area (Å²) in [5.41, 5.74) is 2.35. The Morgan fingerprint density at radius 3 is 1.59 bits per heavy atom. The molecular weight excluding hydrogens is 800 g/mol. The summed E-state index contributed by atoms with van der Waals surface area (Å²) >= 11 is 0. The quantitative estimate of drug-likeness (QED) is 0.136. The van der Waals surface area contributed by atoms with Gasteiger partial charge in [0.25, 0.3) is 0 Å². The second-order valence-corrected chi connectivity index (χ2v) is 15.4. The third-order valence-corrected chi connectivity index (χ3v) is 9.08. The van der Waals surface area contributed by atoms with Crippen molar-refractivity contribution >= 4 is 26.5 Å². The monoisotopic (exact) mass is 838 g/mol. The average molecular weight is 837 g/mol. The number of benzene rings is 3. The van der Waals surface area contributed by atoms with Crippen molar-refractivity contribution in [2.24, 2.45) is 0 Å². The summed E-state index contributed by atoms with van der Waals surface area (Å²) in [6, 6.07) is 39.9. The number of rotatable bonds is 4. The molecule has 6 aromatic rings. The molecule has 0 N–H and O–H groups in total. The van der Waals surface area contributed by atoms with Crippen molar-refractivity contribution in [1.82, 2.24) is 25.4 Å². The first-order valence-electron chi connectivity index (χ1n) is 14.2. The van der Waals surface area contributed by atoms with E-state index in [1.807, 2.05) is 37.3 Å². The fourth-order valence-corrected chi connectivity index (χ4v) is 5.41. The zero-order valence-corrected chi connectivity index (χ0v) is 30.8. The third-order valence-electron chi connectivity index (χ3n) is 6.11. The van der Waals surface area contributed by atoms with Gasteiger partial charge in [0.2, 0.25) is 0 Å². The molecule has 11 heteroatoms. The Morgan fingerprint density at radius 1 is 0.652 bits per heavy atom. The van der Waals surface area contributed by atoms with Crippen LogP contribution in [0.25, 0.3) is 22.6 Å². The van der Waals surface area contributed by atoms with Gasteiger partial charge in [-0.05, 0) is 49.4 Å². The van der Waals surface area contributed by atoms with Gasteiger partial charge in [0, 0.05) is 53.2 Å². The summed E-state index contributed by atoms with van der Waals surface area (Å²) in [6.07, 6.45) is -2.97. The number of hydrogen-bond acceptors (Lipinski definition) is 3. The topological polar surface area (TPSA) is 66.9 Å². The molecule has 0 aliphatic rings. The van der Waals surface area contributed by atoms with Gasteiger partial charge in [-0.1, -0.05) is 54.2 Å². The van der Waals surface area contributed by atoms with E-state index in [4.69, 9.17) is 0 Å². The van der Waals surface area contributed by atoms with Crippen molar-refractivity contribution < 1.29 is 33.0 Å². The molecule has 0 saturated heterocycles. The molecule has 242 valence electrons. The van der Waals surface area contributed by atoms with Crippen molar-refractivity contribution in [3.63, 3.8) is 0 Å². The molecule has 5 nitrogen and oxygen atoms in total. The Balaban J connectivity index is 0.000000217. The first kappa shape index (κ1) is 38.7. The number of halogens is 3. The van der Waals surface area contributed by atoms with Crippen LogP contribution in [-0.4, -0.2) is 41.8 Å². The van der Waals surface area contributed by atoms with E-state index in [1.54, 1.807) is 18.2 Å². The summed E-state index contributed by atoms with van der Waals surface area (Å²) in [5.74, 6) is 0. The van der Waals surface area contributed by atoms with Crippen LogP contribution in [0.4, 0.5) is 13.2 Å². The van der Waals surface area contributed by atoms with Crippen molar-refractivity contribution in [3.8, 4) is 22.6 Å². The number of pyridine rings is 1. The molecule has 0 amide bonds. The fourth-order valence-electron chi connectivity index (χ4n) is 3.69. The average Bonchev–Trinajstić information content (AvgIpc) is 3.74. The zero-order chi connectivity index (χ0) is 32.7. The predicted octanol–water partition coefficient (Wildman–Crippen LogP) is 7.50. The van der Waals surface area contributed by atoms with E-state index in [0.29, 0.717) is 5.69 Å². The van der Waals surface area contributed by atoms with Crippen LogP contribution < -0.4 is 20.8 Å². The second-order valence-electron chi connectivity index (χ2n) is 10.2. The van der Waals surface area contributed by atoms with E-state index in [0.717, 1.165) is 23.0 Å². The first-order valence-corrected chi connectivity index (χ1v) is 19.2. The molecule has 3 heterocycles. The van der Waals surface area contributed by atoms with Gasteiger partial charge in [-0.2, -0.15) is 18.7 Å². The van der Waals surface area contributed by atoms with E-state index in [1.165, 1.54) is 16.8 Å². The first-order chi connectivity index (χ1) is 21.5. The summed E-state index contributed by atoms with van der Waals surface area (Å²) < 4.78 is 36.6. The maximum absolute atomic E-state index is 12.2. The second kappa shape index (κ2) is 19.9. The molecule has 3 aromatic carbocycles. The molecule has 0 saturated carbocycles. The van der Waals surface area contributed by atoms with Crippen LogP contribution >= 0.6 is 15.8 Å². The molecule has 0 aliphatic carbocycles. The van der Waals surface area contributed by atoms with Crippen LogP contribution in [0.1, 0.15) is 11.4 Å². The van der Waals surface area contributed by atoms with E-state index in [2.05, 4.69) is 119 Å². The van der Waals surface area contributed by atoms with Gasteiger partial charge in [0.05, 0.1) is 37.3 Å². The Morgan fingerprint density at radius 2 is 1.20 bits per heavy atom. The largest absolute Gasteiger partial charge is 0.619 e. The fraction of sp³-hybridized carbons (Fsp3) is 0.171. The van der Waals surface area contributed by atoms with Crippen LogP contribution in [0.5, 0.6) is 0 Å². The van der Waals surface area contributed by atoms with Gasteiger partial charge in [0.15, 0.2) is 0 Å². The Bertz CT molecular complexity index is 1600. The summed E-state index contributed by atoms with van der Waals surface area (Å²) in [6.45, 7) is 11.2. The zero-order valence-electron chi connectivity index (χ0n) is 26.3. The van der Waals surface area contributed by atoms with Crippen LogP contribution in [-0.2, 0) is 26.0 Å². The van der Waals surface area contributed by atoms with Crippen molar-refractivity contribution in [2.45, 2.75) is 13.1 Å². The molecule has 0 atom stereocenters. The van der Waals surface area contributed by atoms with Gasteiger partial charge in [-0.15, -0.1) is 30.3 Å². The van der Waals surface area contributed by atoms with E-state index in [-0.39, 0.29) is 41.3 Å². The molecule has 3 aromatic heterocycles. The Hall–Kier alpha value is -3.48. The minimum Gasteiger partial charge on any atom is -0.619 e. The minimum absolute atomic E-state index is 0. The molecule has 0 fully saturated rings. The van der Waals surface area contributed by atoms with Crippen LogP contribution in [0.15, 0.2) is 121 Å². The summed E-state index contributed by atoms with van der Waals surface area (Å²) in [5, 5.41) is 17.4. The van der Waals surface area contributed by atoms with E-state index >= 15 is 0 Å². The number of aromatic nitrogens is 5. The number of alkyl halides is 3. The summed E-state index contributed by atoms with van der Waals surface area (Å²) in [7, 11) is -0.424. The van der Waals surface area contributed by atoms with Crippen molar-refractivity contribution in [3.05, 3.63) is 139 Å². The maximum atomic E-state index is 12.2. The SMILES string of the molecule is C[PH+](C)c1ccccc1.C[PH+](C)c1ccccc1.Cc1cc(-c2[c-]cccc2)[n-]n1.FC(F)(F)c1cc(-c2ccccn2)[n-]n1.[Os]. The molecule has 0 bridgehead atoms. The third kappa shape index (κ3) is 13.5. The smallest absolute Gasteiger partial charge is 0.431 e. The van der Waals surface area contributed by atoms with E-state index in [9.17, 15) is 13.2 Å². The standard InChI is InChI=1S/C10H8N2.C9H5F3N3.2C8H11P.Os/c1-8-7-10(12-11-8)9-5-3-2-4-6-9;10-9(11,12)8-5-7(14-15-8)6-3-1-2-4-13-6;2*1-9(2)8-6-4-3-5-7-8;/h2-5,7H,1H3;1-5H;2*3-7H,1-2H3;/q-2;-1;;;/p+2. The van der Waals surface area contributed by atoms with Crippen LogP contribution in [0.2, 0.25) is 0 Å².